The van der Waals surface area contributed by atoms with Gasteiger partial charge in [0.2, 0.25) is 0 Å². The van der Waals surface area contributed by atoms with Crippen molar-refractivity contribution in [2.45, 2.75) is 0 Å². The molecule has 0 aliphatic heterocycles. The fourth-order valence-electron chi connectivity index (χ4n) is 9.40. The summed E-state index contributed by atoms with van der Waals surface area (Å²) in [6.07, 6.45) is 0. The summed E-state index contributed by atoms with van der Waals surface area (Å²) in [6.45, 7) is 0. The predicted octanol–water partition coefficient (Wildman–Crippen LogP) is 12.4. The van der Waals surface area contributed by atoms with Gasteiger partial charge in [0.15, 0.2) is 8.07 Å². The fraction of sp³-hybridized carbons (Fsp3) is 0. The molecule has 0 radical (unpaired) electrons. The highest BCUT2D eigenvalue weighted by molar-refractivity contribution is 7.19. The molecule has 0 aliphatic carbocycles. The quantitative estimate of drug-likeness (QED) is 0.112. The summed E-state index contributed by atoms with van der Waals surface area (Å²) >= 11 is 0. The van der Waals surface area contributed by atoms with Crippen LogP contribution in [0.4, 0.5) is 0 Å². The molecule has 0 aliphatic rings. The summed E-state index contributed by atoms with van der Waals surface area (Å²) in [7, 11) is -3.30. The SMILES string of the molecule is [2H]c1cc([2H])c2c(c1[2H])c1c([2H])c([2H])cc([2H])c1n2-c1c([2H])c([2H])c2c(c1[2H])c1c([2H])c([2H])c([2H])c([2H])c1n2-c1c([2H])c([2H])c2c(c1[2H])c1c([2H])c([2H])c([2H])c([2H])c1n2-c1cccc([Si](c2ccccc2)(c2ccccc2)c2ccccc2)c1. The highest BCUT2D eigenvalue weighted by Gasteiger charge is 2.41. The van der Waals surface area contributed by atoms with Gasteiger partial charge in [-0.15, -0.1) is 0 Å². The van der Waals surface area contributed by atoms with Crippen LogP contribution in [0.5, 0.6) is 0 Å². The van der Waals surface area contributed by atoms with E-state index in [1.165, 1.54) is 4.57 Å². The van der Waals surface area contributed by atoms with Crippen molar-refractivity contribution in [2.24, 2.45) is 0 Å². The van der Waals surface area contributed by atoms with Crippen LogP contribution in [0, 0.1) is 0 Å². The van der Waals surface area contributed by atoms with E-state index in [9.17, 15) is 13.7 Å². The molecule has 0 unspecified atom stereocenters. The number of benzene rings is 10. The van der Waals surface area contributed by atoms with Gasteiger partial charge in [0.05, 0.1) is 60.5 Å². The van der Waals surface area contributed by atoms with Crippen molar-refractivity contribution in [3.8, 4) is 17.1 Å². The molecule has 10 aromatic carbocycles. The summed E-state index contributed by atoms with van der Waals surface area (Å²) in [5.74, 6) is 0. The van der Waals surface area contributed by atoms with Crippen molar-refractivity contribution < 1.29 is 27.4 Å². The Labute approximate surface area is 400 Å². The van der Waals surface area contributed by atoms with Crippen molar-refractivity contribution in [2.75, 3.05) is 0 Å². The number of hydrogen-bond acceptors (Lipinski definition) is 0. The minimum Gasteiger partial charge on any atom is -0.309 e. The maximum atomic E-state index is 10.3. The maximum absolute atomic E-state index is 10.3. The van der Waals surface area contributed by atoms with E-state index in [4.69, 9.17) is 13.7 Å². The minimum absolute atomic E-state index is 0.148. The van der Waals surface area contributed by atoms with Crippen LogP contribution in [0.2, 0.25) is 0 Å². The van der Waals surface area contributed by atoms with Gasteiger partial charge < -0.3 is 13.7 Å². The maximum Gasteiger partial charge on any atom is 0.179 e. The zero-order chi connectivity index (χ0) is 59.6. The van der Waals surface area contributed by atoms with Gasteiger partial charge in [0.25, 0.3) is 0 Å². The Balaban J connectivity index is 1.18. The second-order valence-corrected chi connectivity index (χ2v) is 19.1. The average molecular weight is 852 g/mol. The third-order valence-corrected chi connectivity index (χ3v) is 16.8. The standard InChI is InChI=1S/C60H41N3Si/c1-4-20-45(21-5-1)64(46-22-6-2-7-23-46,47-24-8-3-9-25-47)48-26-18-19-42(39-48)61-57-33-16-12-29-51(57)53-41-44(36-37-59(53)61)63-58-34-17-13-30-52(58)54-40-43(35-38-60(54)63)62-55-31-14-10-27-49(55)50-28-11-15-32-56(50)62/h1-41H/i10D,11D,12D,13D,16D,17D,27D,28D,29D,30D,31D,32D,33D,34D,35D,36D,37D,38D,40D,41D. The number of hydrogen-bond donors (Lipinski definition) is 0. The van der Waals surface area contributed by atoms with Gasteiger partial charge in [0.1, 0.15) is 0 Å². The lowest BCUT2D eigenvalue weighted by atomic mass is 10.1. The van der Waals surface area contributed by atoms with Crippen LogP contribution in [0.3, 0.4) is 0 Å². The van der Waals surface area contributed by atoms with Crippen molar-refractivity contribution in [1.29, 1.82) is 0 Å². The van der Waals surface area contributed by atoms with Gasteiger partial charge in [0, 0.05) is 49.4 Å². The lowest BCUT2D eigenvalue weighted by Crippen LogP contribution is -2.74. The molecule has 0 fully saturated rings. The lowest BCUT2D eigenvalue weighted by molar-refractivity contribution is 1.16. The summed E-state index contributed by atoms with van der Waals surface area (Å²) in [5, 5.41) is 2.11. The van der Waals surface area contributed by atoms with Crippen LogP contribution in [0.15, 0.2) is 248 Å². The molecule has 0 amide bonds. The van der Waals surface area contributed by atoms with Gasteiger partial charge in [-0.25, -0.2) is 0 Å². The Bertz CT molecular complexity index is 4910. The van der Waals surface area contributed by atoms with E-state index in [2.05, 4.69) is 36.4 Å². The molecular formula is C60H41N3Si. The third kappa shape index (κ3) is 5.33. The van der Waals surface area contributed by atoms with Crippen molar-refractivity contribution >= 4 is 94.2 Å². The first-order valence-corrected chi connectivity index (χ1v) is 22.5. The monoisotopic (exact) mass is 851 g/mol. The molecule has 0 atom stereocenters. The van der Waals surface area contributed by atoms with E-state index >= 15 is 0 Å². The Kier molecular flexibility index (Phi) is 4.91. The molecule has 0 saturated carbocycles. The predicted molar refractivity (Wildman–Crippen MR) is 273 cm³/mol. The Hall–Kier alpha value is -8.18. The van der Waals surface area contributed by atoms with Gasteiger partial charge in [-0.3, -0.25) is 0 Å². The molecule has 64 heavy (non-hydrogen) atoms. The van der Waals surface area contributed by atoms with Crippen LogP contribution in [-0.4, -0.2) is 21.8 Å². The van der Waals surface area contributed by atoms with Crippen LogP contribution in [-0.2, 0) is 0 Å². The number of nitrogens with zero attached hydrogens (tertiary/aromatic N) is 3. The first-order chi connectivity index (χ1) is 40.1. The van der Waals surface area contributed by atoms with Gasteiger partial charge in [-0.05, 0) is 93.3 Å². The third-order valence-electron chi connectivity index (χ3n) is 12.0. The summed E-state index contributed by atoms with van der Waals surface area (Å²) in [4.78, 5) is 0. The Morgan fingerprint density at radius 1 is 0.281 bits per heavy atom. The Morgan fingerprint density at radius 2 is 0.656 bits per heavy atom. The molecule has 13 aromatic rings. The van der Waals surface area contributed by atoms with Crippen molar-refractivity contribution in [3.05, 3.63) is 248 Å². The molecule has 3 nitrogen and oxygen atoms in total. The number of para-hydroxylation sites is 4. The number of aromatic nitrogens is 3. The van der Waals surface area contributed by atoms with E-state index in [1.807, 2.05) is 72.8 Å². The molecule has 4 heteroatoms. The van der Waals surface area contributed by atoms with Crippen molar-refractivity contribution in [3.63, 3.8) is 0 Å². The van der Waals surface area contributed by atoms with Gasteiger partial charge in [-0.1, -0.05) is 176 Å². The highest BCUT2D eigenvalue weighted by Crippen LogP contribution is 2.39. The molecule has 3 heterocycles. The lowest BCUT2D eigenvalue weighted by Gasteiger charge is -2.34. The Morgan fingerprint density at radius 3 is 1.14 bits per heavy atom. The van der Waals surface area contributed by atoms with Crippen LogP contribution in [0.25, 0.3) is 82.5 Å². The smallest absolute Gasteiger partial charge is 0.179 e. The van der Waals surface area contributed by atoms with E-state index in [-0.39, 0.29) is 43.6 Å². The van der Waals surface area contributed by atoms with Gasteiger partial charge in [-0.2, -0.15) is 0 Å². The first-order valence-electron chi connectivity index (χ1n) is 30.5. The molecule has 300 valence electrons. The molecule has 13 rings (SSSR count). The first kappa shape index (κ1) is 21.7. The minimum atomic E-state index is -3.30. The van der Waals surface area contributed by atoms with Crippen LogP contribution < -0.4 is 20.7 Å². The van der Waals surface area contributed by atoms with Crippen molar-refractivity contribution in [1.82, 2.24) is 13.7 Å². The topological polar surface area (TPSA) is 14.8 Å². The molecule has 3 aromatic heterocycles. The van der Waals surface area contributed by atoms with Crippen LogP contribution in [0.1, 0.15) is 27.4 Å². The number of rotatable bonds is 7. The van der Waals surface area contributed by atoms with E-state index in [0.29, 0.717) is 5.69 Å². The summed E-state index contributed by atoms with van der Waals surface area (Å²) in [6, 6.07) is 26.7. The van der Waals surface area contributed by atoms with Gasteiger partial charge >= 0.3 is 0 Å². The average Bonchev–Trinajstić information content (AvgIpc) is 1.57. The largest absolute Gasteiger partial charge is 0.309 e. The number of fused-ring (bicyclic) bond motifs is 9. The van der Waals surface area contributed by atoms with E-state index < -0.39 is 162 Å². The van der Waals surface area contributed by atoms with E-state index in [0.717, 1.165) is 42.0 Å². The summed E-state index contributed by atoms with van der Waals surface area (Å²) < 4.78 is 191. The highest BCUT2D eigenvalue weighted by atomic mass is 28.3. The molecule has 0 N–H and O–H groups in total. The summed E-state index contributed by atoms with van der Waals surface area (Å²) in [5.41, 5.74) is -2.64. The van der Waals surface area contributed by atoms with E-state index in [1.54, 1.807) is 6.07 Å². The molecule has 0 spiro atoms. The second-order valence-electron chi connectivity index (χ2n) is 15.3. The zero-order valence-electron chi connectivity index (χ0n) is 53.5. The zero-order valence-corrected chi connectivity index (χ0v) is 34.5. The molecular weight excluding hydrogens is 791 g/mol. The molecule has 0 saturated heterocycles. The molecule has 0 bridgehead atoms. The fourth-order valence-corrected chi connectivity index (χ4v) is 14.2. The second kappa shape index (κ2) is 14.5. The van der Waals surface area contributed by atoms with Crippen LogP contribution >= 0.6 is 0 Å². The normalized spacial score (nSPS) is 16.4.